The molecule has 5 heteroatoms. The van der Waals surface area contributed by atoms with Gasteiger partial charge in [-0.15, -0.1) is 11.3 Å². The summed E-state index contributed by atoms with van der Waals surface area (Å²) in [6.45, 7) is 0.566. The second-order valence-corrected chi connectivity index (χ2v) is 7.95. The third kappa shape index (κ3) is 3.45. The zero-order valence-corrected chi connectivity index (χ0v) is 16.5. The lowest BCUT2D eigenvalue weighted by Gasteiger charge is -2.39. The Bertz CT molecular complexity index is 969. The number of hydrogen-bond donors (Lipinski definition) is 1. The van der Waals surface area contributed by atoms with Gasteiger partial charge in [0.2, 0.25) is 5.91 Å². The fourth-order valence-corrected chi connectivity index (χ4v) is 4.76. The quantitative estimate of drug-likeness (QED) is 0.715. The maximum Gasteiger partial charge on any atom is 0.254 e. The van der Waals surface area contributed by atoms with E-state index in [-0.39, 0.29) is 17.9 Å². The number of nitrogens with zero attached hydrogens (tertiary/aromatic N) is 1. The molecule has 0 saturated heterocycles. The Kier molecular flexibility index (Phi) is 5.26. The van der Waals surface area contributed by atoms with E-state index in [4.69, 9.17) is 0 Å². The zero-order valence-electron chi connectivity index (χ0n) is 15.7. The van der Waals surface area contributed by atoms with Crippen molar-refractivity contribution in [2.75, 3.05) is 13.6 Å². The third-order valence-corrected chi connectivity index (χ3v) is 6.20. The zero-order chi connectivity index (χ0) is 19.5. The lowest BCUT2D eigenvalue weighted by molar-refractivity contribution is -0.124. The predicted octanol–water partition coefficient (Wildman–Crippen LogP) is 4.02. The highest BCUT2D eigenvalue weighted by molar-refractivity contribution is 7.10. The van der Waals surface area contributed by atoms with Crippen molar-refractivity contribution in [1.29, 1.82) is 0 Å². The van der Waals surface area contributed by atoms with Crippen molar-refractivity contribution in [2.45, 2.75) is 18.4 Å². The Morgan fingerprint density at radius 1 is 1.04 bits per heavy atom. The molecular formula is C23H22N2O2S. The van der Waals surface area contributed by atoms with Crippen molar-refractivity contribution in [3.63, 3.8) is 0 Å². The first kappa shape index (κ1) is 18.4. The average molecular weight is 391 g/mol. The molecule has 0 radical (unpaired) electrons. The molecule has 4 nitrogen and oxygen atoms in total. The van der Waals surface area contributed by atoms with E-state index < -0.39 is 5.92 Å². The van der Waals surface area contributed by atoms with Gasteiger partial charge in [-0.2, -0.15) is 0 Å². The van der Waals surface area contributed by atoms with Crippen LogP contribution in [0.1, 0.15) is 38.3 Å². The Labute approximate surface area is 168 Å². The van der Waals surface area contributed by atoms with E-state index >= 15 is 0 Å². The van der Waals surface area contributed by atoms with E-state index in [1.807, 2.05) is 60.0 Å². The molecule has 3 aromatic rings. The van der Waals surface area contributed by atoms with Crippen LogP contribution in [0.15, 0.2) is 72.1 Å². The molecule has 1 aliphatic rings. The molecule has 4 rings (SSSR count). The molecule has 2 atom stereocenters. The highest BCUT2D eigenvalue weighted by Crippen LogP contribution is 2.43. The van der Waals surface area contributed by atoms with Crippen molar-refractivity contribution < 1.29 is 9.59 Å². The molecule has 0 bridgehead atoms. The molecular weight excluding hydrogens is 368 g/mol. The van der Waals surface area contributed by atoms with Gasteiger partial charge in [0.05, 0.1) is 12.0 Å². The van der Waals surface area contributed by atoms with Gasteiger partial charge in [-0.3, -0.25) is 9.59 Å². The van der Waals surface area contributed by atoms with Gasteiger partial charge >= 0.3 is 0 Å². The maximum absolute atomic E-state index is 13.3. The first-order chi connectivity index (χ1) is 13.7. The molecule has 0 unspecified atom stereocenters. The van der Waals surface area contributed by atoms with Crippen molar-refractivity contribution >= 4 is 23.2 Å². The van der Waals surface area contributed by atoms with Crippen LogP contribution in [0.5, 0.6) is 0 Å². The maximum atomic E-state index is 13.3. The highest BCUT2D eigenvalue weighted by Gasteiger charge is 2.42. The van der Waals surface area contributed by atoms with Gasteiger partial charge in [0.25, 0.3) is 5.91 Å². The minimum Gasteiger partial charge on any atom is -0.355 e. The van der Waals surface area contributed by atoms with Gasteiger partial charge in [-0.05, 0) is 35.1 Å². The third-order valence-electron chi connectivity index (χ3n) is 5.25. The van der Waals surface area contributed by atoms with Crippen molar-refractivity contribution in [3.8, 4) is 0 Å². The summed E-state index contributed by atoms with van der Waals surface area (Å²) in [6.07, 6.45) is 0.777. The SMILES string of the molecule is CN1C(=O)c2ccccc2[C@@H](C(=O)NCCc2ccccc2)[C@@H]1c1cccs1. The van der Waals surface area contributed by atoms with E-state index in [1.165, 1.54) is 5.56 Å². The first-order valence-corrected chi connectivity index (χ1v) is 10.3. The van der Waals surface area contributed by atoms with Crippen LogP contribution in [-0.2, 0) is 11.2 Å². The number of thiophene rings is 1. The fraction of sp³-hybridized carbons (Fsp3) is 0.217. The van der Waals surface area contributed by atoms with E-state index in [2.05, 4.69) is 17.4 Å². The summed E-state index contributed by atoms with van der Waals surface area (Å²) >= 11 is 1.58. The topological polar surface area (TPSA) is 49.4 Å². The summed E-state index contributed by atoms with van der Waals surface area (Å²) in [5.74, 6) is -0.503. The van der Waals surface area contributed by atoms with E-state index in [0.717, 1.165) is 16.9 Å². The van der Waals surface area contributed by atoms with Gasteiger partial charge in [-0.1, -0.05) is 54.6 Å². The van der Waals surface area contributed by atoms with Crippen LogP contribution in [0.25, 0.3) is 0 Å². The standard InChI is InChI=1S/C23H22N2O2S/c1-25-21(19-12-7-15-28-19)20(17-10-5-6-11-18(17)23(25)27)22(26)24-14-13-16-8-3-2-4-9-16/h2-12,15,20-21H,13-14H2,1H3,(H,24,26)/t20-,21+/m1/s1. The van der Waals surface area contributed by atoms with Crippen LogP contribution in [0.4, 0.5) is 0 Å². The van der Waals surface area contributed by atoms with Crippen molar-refractivity contribution in [3.05, 3.63) is 93.7 Å². The summed E-state index contributed by atoms with van der Waals surface area (Å²) < 4.78 is 0. The van der Waals surface area contributed by atoms with Crippen LogP contribution < -0.4 is 5.32 Å². The summed E-state index contributed by atoms with van der Waals surface area (Å²) in [7, 11) is 1.78. The number of benzene rings is 2. The number of amides is 2. The van der Waals surface area contributed by atoms with Gasteiger partial charge in [0, 0.05) is 24.0 Å². The summed E-state index contributed by atoms with van der Waals surface area (Å²) in [5, 5.41) is 5.08. The minimum absolute atomic E-state index is 0.0395. The molecule has 2 heterocycles. The van der Waals surface area contributed by atoms with Crippen LogP contribution >= 0.6 is 11.3 Å². The van der Waals surface area contributed by atoms with E-state index in [9.17, 15) is 9.59 Å². The van der Waals surface area contributed by atoms with Gasteiger partial charge in [0.15, 0.2) is 0 Å². The summed E-state index contributed by atoms with van der Waals surface area (Å²) in [4.78, 5) is 28.9. The van der Waals surface area contributed by atoms with Crippen molar-refractivity contribution in [2.24, 2.45) is 0 Å². The van der Waals surface area contributed by atoms with E-state index in [1.54, 1.807) is 23.3 Å². The summed E-state index contributed by atoms with van der Waals surface area (Å²) in [5.41, 5.74) is 2.61. The molecule has 142 valence electrons. The van der Waals surface area contributed by atoms with Gasteiger partial charge < -0.3 is 10.2 Å². The Morgan fingerprint density at radius 3 is 2.54 bits per heavy atom. The molecule has 1 N–H and O–H groups in total. The van der Waals surface area contributed by atoms with Gasteiger partial charge in [-0.25, -0.2) is 0 Å². The molecule has 0 aliphatic carbocycles. The lowest BCUT2D eigenvalue weighted by Crippen LogP contribution is -2.45. The number of hydrogen-bond acceptors (Lipinski definition) is 3. The Hall–Kier alpha value is -2.92. The number of carbonyl (C=O) groups excluding carboxylic acids is 2. The van der Waals surface area contributed by atoms with Crippen LogP contribution in [0.2, 0.25) is 0 Å². The molecule has 1 aliphatic heterocycles. The fourth-order valence-electron chi connectivity index (χ4n) is 3.86. The molecule has 0 fully saturated rings. The number of nitrogens with one attached hydrogen (secondary N) is 1. The normalized spacial score (nSPS) is 18.6. The minimum atomic E-state index is -0.423. The Balaban J connectivity index is 1.62. The summed E-state index contributed by atoms with van der Waals surface area (Å²) in [6, 6.07) is 21.2. The highest BCUT2D eigenvalue weighted by atomic mass is 32.1. The molecule has 28 heavy (non-hydrogen) atoms. The monoisotopic (exact) mass is 390 g/mol. The second-order valence-electron chi connectivity index (χ2n) is 6.97. The van der Waals surface area contributed by atoms with Gasteiger partial charge in [0.1, 0.15) is 0 Å². The predicted molar refractivity (Wildman–Crippen MR) is 111 cm³/mol. The van der Waals surface area contributed by atoms with E-state index in [0.29, 0.717) is 12.1 Å². The van der Waals surface area contributed by atoms with Crippen LogP contribution in [0, 0.1) is 0 Å². The first-order valence-electron chi connectivity index (χ1n) is 9.38. The molecule has 2 aromatic carbocycles. The van der Waals surface area contributed by atoms with Crippen LogP contribution in [0.3, 0.4) is 0 Å². The smallest absolute Gasteiger partial charge is 0.254 e. The lowest BCUT2D eigenvalue weighted by atomic mass is 9.81. The average Bonchev–Trinajstić information content (AvgIpc) is 3.25. The molecule has 1 aromatic heterocycles. The molecule has 0 spiro atoms. The largest absolute Gasteiger partial charge is 0.355 e. The molecule has 0 saturated carbocycles. The van der Waals surface area contributed by atoms with Crippen molar-refractivity contribution in [1.82, 2.24) is 10.2 Å². The number of likely N-dealkylation sites (N-methyl/N-ethyl adjacent to an activating group) is 1. The molecule has 2 amide bonds. The second kappa shape index (κ2) is 7.98. The van der Waals surface area contributed by atoms with Crippen LogP contribution in [-0.4, -0.2) is 30.3 Å². The Morgan fingerprint density at radius 2 is 1.79 bits per heavy atom. The number of rotatable bonds is 5. The number of carbonyl (C=O) groups is 2. The number of fused-ring (bicyclic) bond motifs is 1.